The first-order valence-electron chi connectivity index (χ1n) is 7.10. The van der Waals surface area contributed by atoms with Crippen molar-refractivity contribution in [2.24, 2.45) is 0 Å². The lowest BCUT2D eigenvalue weighted by Crippen LogP contribution is -2.20. The number of hydrogen-bond donors (Lipinski definition) is 1. The molecule has 2 aromatic heterocycles. The van der Waals surface area contributed by atoms with E-state index >= 15 is 0 Å². The van der Waals surface area contributed by atoms with E-state index in [1.807, 2.05) is 30.3 Å². The van der Waals surface area contributed by atoms with Gasteiger partial charge in [-0.15, -0.1) is 0 Å². The summed E-state index contributed by atoms with van der Waals surface area (Å²) >= 11 is 0. The number of furan rings is 1. The predicted molar refractivity (Wildman–Crippen MR) is 83.4 cm³/mol. The molecule has 1 aliphatic heterocycles. The Morgan fingerprint density at radius 3 is 2.82 bits per heavy atom. The van der Waals surface area contributed by atoms with Gasteiger partial charge in [-0.1, -0.05) is 12.1 Å². The lowest BCUT2D eigenvalue weighted by Gasteiger charge is -2.20. The Labute approximate surface area is 126 Å². The van der Waals surface area contributed by atoms with Gasteiger partial charge in [0.2, 0.25) is 5.71 Å². The second-order valence-electron chi connectivity index (χ2n) is 5.18. The van der Waals surface area contributed by atoms with Crippen molar-refractivity contribution >= 4 is 22.6 Å². The third-order valence-corrected chi connectivity index (χ3v) is 3.91. The zero-order valence-corrected chi connectivity index (χ0v) is 12.1. The molecule has 5 heteroatoms. The average molecular weight is 294 g/mol. The Bertz CT molecular complexity index is 865. The van der Waals surface area contributed by atoms with E-state index in [0.29, 0.717) is 24.4 Å². The van der Waals surface area contributed by atoms with Gasteiger partial charge in [-0.25, -0.2) is 4.98 Å². The summed E-state index contributed by atoms with van der Waals surface area (Å²) < 4.78 is 10.6. The molecule has 1 aromatic carbocycles. The summed E-state index contributed by atoms with van der Waals surface area (Å²) in [5, 5.41) is 4.21. The van der Waals surface area contributed by atoms with Crippen molar-refractivity contribution in [3.05, 3.63) is 42.3 Å². The number of nitrogens with one attached hydrogen (secondary N) is 1. The van der Waals surface area contributed by atoms with Gasteiger partial charge in [0.15, 0.2) is 5.78 Å². The molecule has 22 heavy (non-hydrogen) atoms. The summed E-state index contributed by atoms with van der Waals surface area (Å²) in [6, 6.07) is 9.63. The standard InChI is InChI=1S/C17H14N2O3/c1-21-11-4-2-10(3-5-11)14-12-7-9-22-17(12)19-15-13(20)6-8-18-16(14)15/h2-5,7,9,18H,6,8H2,1H3. The van der Waals surface area contributed by atoms with Crippen LogP contribution in [-0.2, 0) is 0 Å². The van der Waals surface area contributed by atoms with Crippen LogP contribution >= 0.6 is 0 Å². The van der Waals surface area contributed by atoms with Crippen LogP contribution in [-0.4, -0.2) is 24.4 Å². The van der Waals surface area contributed by atoms with Crippen LogP contribution in [0.5, 0.6) is 5.75 Å². The normalized spacial score (nSPS) is 13.8. The minimum absolute atomic E-state index is 0.0433. The number of benzene rings is 1. The van der Waals surface area contributed by atoms with Gasteiger partial charge < -0.3 is 14.5 Å². The molecule has 0 saturated heterocycles. The van der Waals surface area contributed by atoms with E-state index in [1.54, 1.807) is 13.4 Å². The van der Waals surface area contributed by atoms with Crippen LogP contribution < -0.4 is 10.1 Å². The highest BCUT2D eigenvalue weighted by atomic mass is 16.5. The zero-order valence-electron chi connectivity index (χ0n) is 12.1. The van der Waals surface area contributed by atoms with Crippen molar-refractivity contribution in [1.82, 2.24) is 4.98 Å². The first kappa shape index (κ1) is 12.9. The minimum Gasteiger partial charge on any atom is -0.497 e. The molecular formula is C17H14N2O3. The van der Waals surface area contributed by atoms with Gasteiger partial charge in [0.1, 0.15) is 11.4 Å². The van der Waals surface area contributed by atoms with Crippen LogP contribution in [0.1, 0.15) is 16.9 Å². The van der Waals surface area contributed by atoms with Crippen molar-refractivity contribution < 1.29 is 13.9 Å². The zero-order chi connectivity index (χ0) is 15.1. The van der Waals surface area contributed by atoms with Gasteiger partial charge in [0, 0.05) is 18.5 Å². The SMILES string of the molecule is COc1ccc(-c2c3c(nc4occc24)C(=O)CCN3)cc1. The molecular weight excluding hydrogens is 280 g/mol. The van der Waals surface area contributed by atoms with Crippen molar-refractivity contribution in [2.75, 3.05) is 19.0 Å². The Hall–Kier alpha value is -2.82. The molecule has 1 aliphatic rings. The number of ketones is 1. The fourth-order valence-corrected chi connectivity index (χ4v) is 2.84. The number of pyridine rings is 1. The number of Topliss-reactive ketones (excluding diaryl/α,β-unsaturated/α-hetero) is 1. The molecule has 110 valence electrons. The van der Waals surface area contributed by atoms with Crippen LogP contribution in [0.2, 0.25) is 0 Å². The number of anilines is 1. The fourth-order valence-electron chi connectivity index (χ4n) is 2.84. The maximum absolute atomic E-state index is 12.2. The number of methoxy groups -OCH3 is 1. The van der Waals surface area contributed by atoms with E-state index < -0.39 is 0 Å². The molecule has 4 rings (SSSR count). The number of hydrogen-bond acceptors (Lipinski definition) is 5. The number of fused-ring (bicyclic) bond motifs is 2. The van der Waals surface area contributed by atoms with E-state index in [4.69, 9.17) is 9.15 Å². The molecule has 3 aromatic rings. The summed E-state index contributed by atoms with van der Waals surface area (Å²) in [6.45, 7) is 0.625. The quantitative estimate of drug-likeness (QED) is 0.783. The van der Waals surface area contributed by atoms with Crippen molar-refractivity contribution in [3.8, 4) is 16.9 Å². The average Bonchev–Trinajstić information content (AvgIpc) is 3.02. The Balaban J connectivity index is 2.02. The van der Waals surface area contributed by atoms with Gasteiger partial charge in [-0.2, -0.15) is 0 Å². The molecule has 1 N–H and O–H groups in total. The number of nitrogens with zero attached hydrogens (tertiary/aromatic N) is 1. The summed E-state index contributed by atoms with van der Waals surface area (Å²) in [5.41, 5.74) is 3.67. The molecule has 0 radical (unpaired) electrons. The molecule has 0 amide bonds. The highest BCUT2D eigenvalue weighted by Crippen LogP contribution is 2.39. The van der Waals surface area contributed by atoms with Crippen LogP contribution in [0.15, 0.2) is 41.0 Å². The van der Waals surface area contributed by atoms with E-state index in [9.17, 15) is 4.79 Å². The van der Waals surface area contributed by atoms with Crippen molar-refractivity contribution in [1.29, 1.82) is 0 Å². The summed E-state index contributed by atoms with van der Waals surface area (Å²) in [7, 11) is 1.64. The van der Waals surface area contributed by atoms with Crippen LogP contribution in [0.4, 0.5) is 5.69 Å². The summed E-state index contributed by atoms with van der Waals surface area (Å²) in [5.74, 6) is 0.834. The molecule has 0 spiro atoms. The molecule has 0 aliphatic carbocycles. The molecule has 5 nitrogen and oxygen atoms in total. The topological polar surface area (TPSA) is 64.4 Å². The predicted octanol–water partition coefficient (Wildman–Crippen LogP) is 3.50. The molecule has 0 atom stereocenters. The van der Waals surface area contributed by atoms with Crippen LogP contribution in [0, 0.1) is 0 Å². The molecule has 0 saturated carbocycles. The third-order valence-electron chi connectivity index (χ3n) is 3.91. The highest BCUT2D eigenvalue weighted by Gasteiger charge is 2.25. The monoisotopic (exact) mass is 294 g/mol. The Kier molecular flexibility index (Phi) is 2.85. The fraction of sp³-hybridized carbons (Fsp3) is 0.176. The first-order valence-corrected chi connectivity index (χ1v) is 7.10. The van der Waals surface area contributed by atoms with Gasteiger partial charge in [-0.3, -0.25) is 4.79 Å². The van der Waals surface area contributed by atoms with Crippen LogP contribution in [0.3, 0.4) is 0 Å². The molecule has 0 bridgehead atoms. The molecule has 0 unspecified atom stereocenters. The molecule has 3 heterocycles. The minimum atomic E-state index is 0.0433. The lowest BCUT2D eigenvalue weighted by molar-refractivity contribution is 0.0979. The maximum Gasteiger partial charge on any atom is 0.227 e. The Morgan fingerprint density at radius 1 is 1.23 bits per heavy atom. The second kappa shape index (κ2) is 4.87. The highest BCUT2D eigenvalue weighted by molar-refractivity contribution is 6.10. The summed E-state index contributed by atoms with van der Waals surface area (Å²) in [4.78, 5) is 16.5. The van der Waals surface area contributed by atoms with Crippen LogP contribution in [0.25, 0.3) is 22.2 Å². The number of aromatic nitrogens is 1. The lowest BCUT2D eigenvalue weighted by atomic mass is 9.96. The van der Waals surface area contributed by atoms with Gasteiger partial charge in [0.25, 0.3) is 0 Å². The van der Waals surface area contributed by atoms with E-state index in [1.165, 1.54) is 0 Å². The van der Waals surface area contributed by atoms with Gasteiger partial charge in [-0.05, 0) is 23.8 Å². The van der Waals surface area contributed by atoms with Crippen molar-refractivity contribution in [2.45, 2.75) is 6.42 Å². The first-order chi connectivity index (χ1) is 10.8. The van der Waals surface area contributed by atoms with Gasteiger partial charge in [0.05, 0.1) is 24.4 Å². The second-order valence-corrected chi connectivity index (χ2v) is 5.18. The van der Waals surface area contributed by atoms with E-state index in [-0.39, 0.29) is 5.78 Å². The largest absolute Gasteiger partial charge is 0.497 e. The summed E-state index contributed by atoms with van der Waals surface area (Å²) in [6.07, 6.45) is 2.05. The van der Waals surface area contributed by atoms with Gasteiger partial charge >= 0.3 is 0 Å². The Morgan fingerprint density at radius 2 is 2.05 bits per heavy atom. The number of carbonyl (C=O) groups excluding carboxylic acids is 1. The number of ether oxygens (including phenoxy) is 1. The molecule has 0 fully saturated rings. The van der Waals surface area contributed by atoms with E-state index in [0.717, 1.165) is 28.0 Å². The van der Waals surface area contributed by atoms with Crippen molar-refractivity contribution in [3.63, 3.8) is 0 Å². The third kappa shape index (κ3) is 1.86. The number of carbonyl (C=O) groups is 1. The smallest absolute Gasteiger partial charge is 0.227 e. The number of rotatable bonds is 2. The maximum atomic E-state index is 12.2. The van der Waals surface area contributed by atoms with E-state index in [2.05, 4.69) is 10.3 Å².